The second-order valence-electron chi connectivity index (χ2n) is 4.19. The lowest BCUT2D eigenvalue weighted by Gasteiger charge is -2.23. The average Bonchev–Trinajstić information content (AvgIpc) is 2.59. The summed E-state index contributed by atoms with van der Waals surface area (Å²) in [6.07, 6.45) is 1.08. The number of fused-ring (bicyclic) bond motifs is 1. The number of rotatable bonds is 2. The lowest BCUT2D eigenvalue weighted by atomic mass is 9.99. The minimum Gasteiger partial charge on any atom is -0.330 e. The number of nitrogens with two attached hydrogens (primary N) is 1. The van der Waals surface area contributed by atoms with Crippen molar-refractivity contribution in [3.63, 3.8) is 0 Å². The maximum Gasteiger partial charge on any atom is 0.0710 e. The van der Waals surface area contributed by atoms with Gasteiger partial charge in [-0.2, -0.15) is 5.10 Å². The van der Waals surface area contributed by atoms with Crippen molar-refractivity contribution in [2.75, 3.05) is 20.1 Å². The summed E-state index contributed by atoms with van der Waals surface area (Å²) in [5.74, 6) is 0.362. The largest absolute Gasteiger partial charge is 0.330 e. The van der Waals surface area contributed by atoms with Gasteiger partial charge >= 0.3 is 0 Å². The molecule has 0 fully saturated rings. The van der Waals surface area contributed by atoms with Crippen LogP contribution in [0.25, 0.3) is 0 Å². The van der Waals surface area contributed by atoms with Crippen molar-refractivity contribution < 1.29 is 0 Å². The SMILES string of the molecule is CC(CN)c1n[nH]c2c1CN(C)CC2. The number of nitrogens with one attached hydrogen (secondary N) is 1. The zero-order valence-electron chi connectivity index (χ0n) is 8.88. The van der Waals surface area contributed by atoms with E-state index in [0.29, 0.717) is 12.5 Å². The first-order valence-electron chi connectivity index (χ1n) is 5.17. The van der Waals surface area contributed by atoms with Gasteiger partial charge in [0.25, 0.3) is 0 Å². The highest BCUT2D eigenvalue weighted by molar-refractivity contribution is 5.29. The molecular formula is C10H18N4. The van der Waals surface area contributed by atoms with Gasteiger partial charge in [0.1, 0.15) is 0 Å². The van der Waals surface area contributed by atoms with Crippen molar-refractivity contribution in [3.05, 3.63) is 17.0 Å². The molecule has 1 aromatic rings. The molecule has 2 rings (SSSR count). The van der Waals surface area contributed by atoms with Crippen LogP contribution in [0.5, 0.6) is 0 Å². The Labute approximate surface area is 84.5 Å². The number of H-pyrrole nitrogens is 1. The molecule has 1 aliphatic heterocycles. The molecule has 2 heterocycles. The Kier molecular flexibility index (Phi) is 2.56. The zero-order chi connectivity index (χ0) is 10.1. The van der Waals surface area contributed by atoms with Gasteiger partial charge in [0, 0.05) is 43.2 Å². The fourth-order valence-corrected chi connectivity index (χ4v) is 1.97. The van der Waals surface area contributed by atoms with E-state index in [0.717, 1.165) is 25.2 Å². The van der Waals surface area contributed by atoms with Gasteiger partial charge < -0.3 is 10.6 Å². The number of hydrogen-bond acceptors (Lipinski definition) is 3. The van der Waals surface area contributed by atoms with E-state index in [9.17, 15) is 0 Å². The second kappa shape index (κ2) is 3.71. The summed E-state index contributed by atoms with van der Waals surface area (Å²) in [6, 6.07) is 0. The predicted octanol–water partition coefficient (Wildman–Crippen LogP) is 0.460. The molecule has 1 unspecified atom stereocenters. The van der Waals surface area contributed by atoms with Crippen LogP contribution < -0.4 is 5.73 Å². The Morgan fingerprint density at radius 1 is 1.64 bits per heavy atom. The van der Waals surface area contributed by atoms with Crippen molar-refractivity contribution in [2.45, 2.75) is 25.8 Å². The molecule has 78 valence electrons. The molecule has 0 spiro atoms. The standard InChI is InChI=1S/C10H18N4/c1-7(5-11)10-8-6-14(2)4-3-9(8)12-13-10/h7H,3-6,11H2,1-2H3,(H,12,13). The highest BCUT2D eigenvalue weighted by Crippen LogP contribution is 2.24. The Hall–Kier alpha value is -0.870. The van der Waals surface area contributed by atoms with Crippen LogP contribution in [0.1, 0.15) is 29.8 Å². The molecular weight excluding hydrogens is 176 g/mol. The van der Waals surface area contributed by atoms with E-state index < -0.39 is 0 Å². The highest BCUT2D eigenvalue weighted by atomic mass is 15.2. The van der Waals surface area contributed by atoms with Gasteiger partial charge in [-0.1, -0.05) is 6.92 Å². The molecule has 1 aromatic heterocycles. The van der Waals surface area contributed by atoms with Gasteiger partial charge in [0.2, 0.25) is 0 Å². The summed E-state index contributed by atoms with van der Waals surface area (Å²) < 4.78 is 0. The third-order valence-electron chi connectivity index (χ3n) is 2.98. The molecule has 3 N–H and O–H groups in total. The van der Waals surface area contributed by atoms with Crippen molar-refractivity contribution in [2.24, 2.45) is 5.73 Å². The Bertz CT molecular complexity index is 318. The van der Waals surface area contributed by atoms with E-state index in [4.69, 9.17) is 5.73 Å². The monoisotopic (exact) mass is 194 g/mol. The van der Waals surface area contributed by atoms with Crippen molar-refractivity contribution in [1.82, 2.24) is 15.1 Å². The first kappa shape index (κ1) is 9.68. The quantitative estimate of drug-likeness (QED) is 0.719. The number of aromatic nitrogens is 2. The number of likely N-dealkylation sites (N-methyl/N-ethyl adjacent to an activating group) is 1. The Morgan fingerprint density at radius 3 is 3.14 bits per heavy atom. The molecule has 0 amide bonds. The zero-order valence-corrected chi connectivity index (χ0v) is 8.88. The second-order valence-corrected chi connectivity index (χ2v) is 4.19. The van der Waals surface area contributed by atoms with Crippen LogP contribution in [0.3, 0.4) is 0 Å². The summed E-state index contributed by atoms with van der Waals surface area (Å²) >= 11 is 0. The smallest absolute Gasteiger partial charge is 0.0710 e. The summed E-state index contributed by atoms with van der Waals surface area (Å²) in [5.41, 5.74) is 9.50. The minimum absolute atomic E-state index is 0.362. The van der Waals surface area contributed by atoms with E-state index in [2.05, 4.69) is 29.1 Å². The lowest BCUT2D eigenvalue weighted by Crippen LogP contribution is -2.27. The van der Waals surface area contributed by atoms with Gasteiger partial charge in [0.15, 0.2) is 0 Å². The van der Waals surface area contributed by atoms with E-state index in [1.165, 1.54) is 11.3 Å². The molecule has 1 atom stereocenters. The first-order valence-corrected chi connectivity index (χ1v) is 5.17. The molecule has 1 aliphatic rings. The predicted molar refractivity (Wildman–Crippen MR) is 56.1 cm³/mol. The van der Waals surface area contributed by atoms with Crippen LogP contribution in [-0.4, -0.2) is 35.2 Å². The molecule has 0 saturated carbocycles. The summed E-state index contributed by atoms with van der Waals surface area (Å²) in [4.78, 5) is 2.32. The first-order chi connectivity index (χ1) is 6.72. The summed E-state index contributed by atoms with van der Waals surface area (Å²) in [7, 11) is 2.15. The highest BCUT2D eigenvalue weighted by Gasteiger charge is 2.21. The fourth-order valence-electron chi connectivity index (χ4n) is 1.97. The number of aromatic amines is 1. The van der Waals surface area contributed by atoms with Crippen molar-refractivity contribution >= 4 is 0 Å². The molecule has 0 bridgehead atoms. The van der Waals surface area contributed by atoms with Crippen molar-refractivity contribution in [3.8, 4) is 0 Å². The van der Waals surface area contributed by atoms with E-state index in [1.54, 1.807) is 0 Å². The molecule has 0 aromatic carbocycles. The number of hydrogen-bond donors (Lipinski definition) is 2. The maximum absolute atomic E-state index is 5.66. The van der Waals surface area contributed by atoms with E-state index in [-0.39, 0.29) is 0 Å². The molecule has 0 saturated heterocycles. The molecule has 14 heavy (non-hydrogen) atoms. The minimum atomic E-state index is 0.362. The summed E-state index contributed by atoms with van der Waals surface area (Å²) in [6.45, 7) is 4.92. The van der Waals surface area contributed by atoms with E-state index in [1.807, 2.05) is 0 Å². The topological polar surface area (TPSA) is 57.9 Å². The van der Waals surface area contributed by atoms with Gasteiger partial charge in [0.05, 0.1) is 5.69 Å². The van der Waals surface area contributed by atoms with E-state index >= 15 is 0 Å². The lowest BCUT2D eigenvalue weighted by molar-refractivity contribution is 0.310. The normalized spacial score (nSPS) is 19.4. The van der Waals surface area contributed by atoms with Crippen LogP contribution in [-0.2, 0) is 13.0 Å². The van der Waals surface area contributed by atoms with Crippen molar-refractivity contribution in [1.29, 1.82) is 0 Å². The van der Waals surface area contributed by atoms with Crippen LogP contribution in [0, 0.1) is 0 Å². The average molecular weight is 194 g/mol. The molecule has 4 heteroatoms. The molecule has 0 radical (unpaired) electrons. The Balaban J connectivity index is 2.30. The van der Waals surface area contributed by atoms with Gasteiger partial charge in [-0.25, -0.2) is 0 Å². The third-order valence-corrected chi connectivity index (χ3v) is 2.98. The van der Waals surface area contributed by atoms with Gasteiger partial charge in [-0.15, -0.1) is 0 Å². The van der Waals surface area contributed by atoms with Gasteiger partial charge in [-0.3, -0.25) is 5.10 Å². The van der Waals surface area contributed by atoms with Crippen LogP contribution in [0.15, 0.2) is 0 Å². The van der Waals surface area contributed by atoms with Crippen LogP contribution >= 0.6 is 0 Å². The number of nitrogens with zero attached hydrogens (tertiary/aromatic N) is 2. The molecule has 4 nitrogen and oxygen atoms in total. The fraction of sp³-hybridized carbons (Fsp3) is 0.700. The van der Waals surface area contributed by atoms with Gasteiger partial charge in [-0.05, 0) is 7.05 Å². The third kappa shape index (κ3) is 1.55. The maximum atomic E-state index is 5.66. The summed E-state index contributed by atoms with van der Waals surface area (Å²) in [5, 5.41) is 7.50. The Morgan fingerprint density at radius 2 is 2.43 bits per heavy atom. The van der Waals surface area contributed by atoms with Crippen LogP contribution in [0.2, 0.25) is 0 Å². The van der Waals surface area contributed by atoms with Crippen LogP contribution in [0.4, 0.5) is 0 Å². The molecule has 0 aliphatic carbocycles.